The van der Waals surface area contributed by atoms with Crippen LogP contribution in [0.3, 0.4) is 0 Å². The highest BCUT2D eigenvalue weighted by Crippen LogP contribution is 2.00. The number of rotatable bonds is 8. The monoisotopic (exact) mass is 240 g/mol. The van der Waals surface area contributed by atoms with Gasteiger partial charge < -0.3 is 9.84 Å². The molecule has 0 aliphatic rings. The summed E-state index contributed by atoms with van der Waals surface area (Å²) in [5.41, 5.74) is 0. The Kier molecular flexibility index (Phi) is 16.2. The minimum Gasteiger partial charge on any atom is -0.494 e. The van der Waals surface area contributed by atoms with E-state index in [1.807, 2.05) is 0 Å². The fourth-order valence-electron chi connectivity index (χ4n) is 0.680. The van der Waals surface area contributed by atoms with Crippen molar-refractivity contribution < 1.29 is 9.84 Å². The van der Waals surface area contributed by atoms with E-state index in [4.69, 9.17) is 9.84 Å². The van der Waals surface area contributed by atoms with Crippen molar-refractivity contribution in [3.8, 4) is 0 Å². The molecule has 100 valence electrons. The van der Waals surface area contributed by atoms with Crippen LogP contribution < -0.4 is 0 Å². The van der Waals surface area contributed by atoms with Crippen molar-refractivity contribution in [1.29, 1.82) is 0 Å². The Labute approximate surface area is 107 Å². The van der Waals surface area contributed by atoms with Crippen LogP contribution in [0.1, 0.15) is 46.5 Å². The maximum atomic E-state index is 9.08. The molecule has 0 radical (unpaired) electrons. The van der Waals surface area contributed by atoms with E-state index >= 15 is 0 Å². The number of unbranched alkanes of at least 4 members (excludes halogenated alkanes) is 2. The first-order chi connectivity index (χ1) is 8.12. The second-order valence-electron chi connectivity index (χ2n) is 3.75. The predicted octanol–water partition coefficient (Wildman–Crippen LogP) is 4.23. The average Bonchev–Trinajstić information content (AvgIpc) is 2.36. The van der Waals surface area contributed by atoms with Crippen LogP contribution in [0.25, 0.3) is 0 Å². The summed E-state index contributed by atoms with van der Waals surface area (Å²) in [5.74, 6) is 0.578. The topological polar surface area (TPSA) is 29.5 Å². The maximum Gasteiger partial charge on any atom is 0.111 e. The summed E-state index contributed by atoms with van der Waals surface area (Å²) < 4.78 is 5.25. The van der Waals surface area contributed by atoms with Crippen LogP contribution in [0.4, 0.5) is 0 Å². The summed E-state index contributed by atoms with van der Waals surface area (Å²) in [5, 5.41) is 9.08. The molecule has 0 spiro atoms. The Bertz CT molecular complexity index is 205. The lowest BCUT2D eigenvalue weighted by Gasteiger charge is -2.04. The highest BCUT2D eigenvalue weighted by molar-refractivity contribution is 5.11. The number of aliphatic hydroxyl groups excluding tert-OH is 1. The van der Waals surface area contributed by atoms with E-state index in [0.29, 0.717) is 12.4 Å². The van der Waals surface area contributed by atoms with Crippen molar-refractivity contribution in [1.82, 2.24) is 0 Å². The zero-order valence-corrected chi connectivity index (χ0v) is 11.6. The summed E-state index contributed by atoms with van der Waals surface area (Å²) in [7, 11) is 0. The molecular weight excluding hydrogens is 212 g/mol. The van der Waals surface area contributed by atoms with Gasteiger partial charge in [-0.2, -0.15) is 0 Å². The fraction of sp³-hybridized carbons (Fsp3) is 0.600. The summed E-state index contributed by atoms with van der Waals surface area (Å²) in [6.07, 6.45) is 8.83. The van der Waals surface area contributed by atoms with Gasteiger partial charge in [0, 0.05) is 0 Å². The molecular formula is C15H28O2. The van der Waals surface area contributed by atoms with Crippen LogP contribution in [0.15, 0.2) is 37.1 Å². The van der Waals surface area contributed by atoms with Gasteiger partial charge in [-0.3, -0.25) is 0 Å². The Morgan fingerprint density at radius 2 is 1.82 bits per heavy atom. The zero-order valence-electron chi connectivity index (χ0n) is 11.6. The number of allylic oxidation sites excluding steroid dienone is 1. The van der Waals surface area contributed by atoms with Gasteiger partial charge in [0.25, 0.3) is 0 Å². The lowest BCUT2D eigenvalue weighted by atomic mass is 10.3. The van der Waals surface area contributed by atoms with Gasteiger partial charge in [-0.05, 0) is 18.6 Å². The molecule has 1 N–H and O–H groups in total. The number of hydrogen-bond donors (Lipinski definition) is 1. The first kappa shape index (κ1) is 18.3. The van der Waals surface area contributed by atoms with Gasteiger partial charge in [-0.1, -0.05) is 52.7 Å². The minimum absolute atomic E-state index is 0.578. The molecule has 1 atom stereocenters. The van der Waals surface area contributed by atoms with Crippen molar-refractivity contribution >= 4 is 0 Å². The van der Waals surface area contributed by atoms with Gasteiger partial charge in [-0.15, -0.1) is 6.58 Å². The minimum atomic E-state index is -0.619. The van der Waals surface area contributed by atoms with Crippen molar-refractivity contribution in [3.63, 3.8) is 0 Å². The molecule has 0 aromatic rings. The van der Waals surface area contributed by atoms with Gasteiger partial charge in [0.15, 0.2) is 0 Å². The first-order valence-electron chi connectivity index (χ1n) is 6.42. The van der Waals surface area contributed by atoms with Crippen molar-refractivity contribution in [3.05, 3.63) is 37.1 Å². The third-order valence-corrected chi connectivity index (χ3v) is 2.01. The van der Waals surface area contributed by atoms with E-state index in [2.05, 4.69) is 33.9 Å². The summed E-state index contributed by atoms with van der Waals surface area (Å²) in [6.45, 7) is 14.3. The summed E-state index contributed by atoms with van der Waals surface area (Å²) >= 11 is 0. The van der Waals surface area contributed by atoms with Gasteiger partial charge in [0.1, 0.15) is 5.76 Å². The Morgan fingerprint density at radius 1 is 1.24 bits per heavy atom. The van der Waals surface area contributed by atoms with E-state index in [1.54, 1.807) is 12.2 Å². The number of hydrogen-bond acceptors (Lipinski definition) is 2. The van der Waals surface area contributed by atoms with Crippen LogP contribution >= 0.6 is 0 Å². The van der Waals surface area contributed by atoms with E-state index in [0.717, 1.165) is 12.8 Å². The Balaban J connectivity index is 0. The van der Waals surface area contributed by atoms with Crippen molar-refractivity contribution in [2.24, 2.45) is 0 Å². The molecule has 0 bridgehead atoms. The normalized spacial score (nSPS) is 11.5. The van der Waals surface area contributed by atoms with Gasteiger partial charge in [0.2, 0.25) is 0 Å². The third-order valence-electron chi connectivity index (χ3n) is 2.01. The van der Waals surface area contributed by atoms with Gasteiger partial charge in [-0.25, -0.2) is 0 Å². The highest BCUT2D eigenvalue weighted by atomic mass is 16.5. The molecule has 1 unspecified atom stereocenters. The van der Waals surface area contributed by atoms with Gasteiger partial charge in [0.05, 0.1) is 12.7 Å². The molecule has 0 fully saturated rings. The molecule has 0 aliphatic carbocycles. The molecule has 17 heavy (non-hydrogen) atoms. The van der Waals surface area contributed by atoms with E-state index in [-0.39, 0.29) is 0 Å². The van der Waals surface area contributed by atoms with Crippen molar-refractivity contribution in [2.45, 2.75) is 52.6 Å². The predicted molar refractivity (Wildman–Crippen MR) is 75.9 cm³/mol. The molecule has 0 saturated carbocycles. The molecule has 0 aliphatic heterocycles. The Morgan fingerprint density at radius 3 is 2.24 bits per heavy atom. The zero-order chi connectivity index (χ0) is 13.5. The third kappa shape index (κ3) is 17.6. The molecule has 0 aromatic carbocycles. The van der Waals surface area contributed by atoms with Crippen molar-refractivity contribution in [2.75, 3.05) is 6.61 Å². The molecule has 2 nitrogen and oxygen atoms in total. The van der Waals surface area contributed by atoms with Gasteiger partial charge >= 0.3 is 0 Å². The molecule has 0 heterocycles. The van der Waals surface area contributed by atoms with Crippen LogP contribution in [0, 0.1) is 0 Å². The number of ether oxygens (including phenoxy) is 1. The van der Waals surface area contributed by atoms with Crippen LogP contribution in [0.2, 0.25) is 0 Å². The largest absolute Gasteiger partial charge is 0.494 e. The fourth-order valence-corrected chi connectivity index (χ4v) is 0.680. The van der Waals surface area contributed by atoms with E-state index in [1.165, 1.54) is 18.9 Å². The highest BCUT2D eigenvalue weighted by Gasteiger charge is 1.91. The smallest absolute Gasteiger partial charge is 0.111 e. The molecule has 0 amide bonds. The van der Waals surface area contributed by atoms with Crippen LogP contribution in [0.5, 0.6) is 0 Å². The lowest BCUT2D eigenvalue weighted by Crippen LogP contribution is -1.96. The standard InChI is InChI=1S/C11H18O2.C4H10/c1-4-6-9-13-10(3)7-8-11(12)5-2;1-3-4-2/h5,7-8,11-12H,2-4,6,9H2,1H3;3-4H2,1-2H3/b8-7-;. The maximum absolute atomic E-state index is 9.08. The second kappa shape index (κ2) is 15.0. The summed E-state index contributed by atoms with van der Waals surface area (Å²) in [6, 6.07) is 0. The summed E-state index contributed by atoms with van der Waals surface area (Å²) in [4.78, 5) is 0. The van der Waals surface area contributed by atoms with E-state index in [9.17, 15) is 0 Å². The van der Waals surface area contributed by atoms with E-state index < -0.39 is 6.10 Å². The SMILES string of the molecule is C=CC(O)/C=C\C(=C)OCCCC.CCCC. The lowest BCUT2D eigenvalue weighted by molar-refractivity contribution is 0.219. The molecule has 0 aromatic heterocycles. The molecule has 0 rings (SSSR count). The van der Waals surface area contributed by atoms with Crippen LogP contribution in [-0.2, 0) is 4.74 Å². The molecule has 2 heteroatoms. The Hall–Kier alpha value is -1.02. The number of aliphatic hydroxyl groups is 1. The first-order valence-corrected chi connectivity index (χ1v) is 6.42. The second-order valence-corrected chi connectivity index (χ2v) is 3.75. The quantitative estimate of drug-likeness (QED) is 0.298. The molecule has 0 saturated heterocycles. The van der Waals surface area contributed by atoms with Crippen LogP contribution in [-0.4, -0.2) is 17.8 Å². The average molecular weight is 240 g/mol.